The third-order valence-electron chi connectivity index (χ3n) is 2.34. The maximum Gasteiger partial charge on any atom is 0.0967 e. The van der Waals surface area contributed by atoms with Crippen LogP contribution in [0.4, 0.5) is 11.4 Å². The first-order valence-corrected chi connectivity index (χ1v) is 4.40. The molecule has 0 atom stereocenters. The smallest absolute Gasteiger partial charge is 0.0967 e. The first-order valence-electron chi connectivity index (χ1n) is 4.40. The summed E-state index contributed by atoms with van der Waals surface area (Å²) in [7, 11) is 0. The highest BCUT2D eigenvalue weighted by atomic mass is 16.3. The monoisotopic (exact) mass is 178 g/mol. The zero-order chi connectivity index (χ0) is 9.47. The Labute approximate surface area is 77.8 Å². The number of para-hydroxylation sites is 2. The molecule has 3 N–H and O–H groups in total. The van der Waals surface area contributed by atoms with E-state index in [0.29, 0.717) is 13.1 Å². The van der Waals surface area contributed by atoms with Crippen molar-refractivity contribution in [2.24, 2.45) is 0 Å². The maximum atomic E-state index is 9.55. The van der Waals surface area contributed by atoms with Gasteiger partial charge in [0.05, 0.1) is 17.0 Å². The van der Waals surface area contributed by atoms with Gasteiger partial charge in [0.1, 0.15) is 0 Å². The summed E-state index contributed by atoms with van der Waals surface area (Å²) in [4.78, 5) is 2.08. The van der Waals surface area contributed by atoms with Gasteiger partial charge in [-0.1, -0.05) is 12.1 Å². The number of nitrogen functional groups attached to an aromatic ring is 1. The molecule has 1 fully saturated rings. The van der Waals surface area contributed by atoms with Gasteiger partial charge < -0.3 is 15.7 Å². The molecule has 1 aliphatic rings. The van der Waals surface area contributed by atoms with Crippen LogP contribution in [0.15, 0.2) is 24.3 Å². The van der Waals surface area contributed by atoms with E-state index < -0.39 is 5.60 Å². The molecule has 0 aliphatic carbocycles. The Morgan fingerprint density at radius 1 is 1.38 bits per heavy atom. The molecule has 1 aromatic carbocycles. The Kier molecular flexibility index (Phi) is 1.70. The van der Waals surface area contributed by atoms with Gasteiger partial charge in [-0.25, -0.2) is 0 Å². The number of hydrogen-bond acceptors (Lipinski definition) is 3. The number of nitrogens with zero attached hydrogens (tertiary/aromatic N) is 1. The van der Waals surface area contributed by atoms with Crippen LogP contribution in [0, 0.1) is 0 Å². The molecular formula is C10H14N2O. The van der Waals surface area contributed by atoms with Crippen LogP contribution in [0.5, 0.6) is 0 Å². The molecule has 1 saturated heterocycles. The third kappa shape index (κ3) is 1.47. The molecule has 3 heteroatoms. The van der Waals surface area contributed by atoms with Gasteiger partial charge in [0.25, 0.3) is 0 Å². The molecule has 2 rings (SSSR count). The fourth-order valence-electron chi connectivity index (χ4n) is 1.72. The van der Waals surface area contributed by atoms with Crippen molar-refractivity contribution in [3.05, 3.63) is 24.3 Å². The lowest BCUT2D eigenvalue weighted by Crippen LogP contribution is -2.60. The molecule has 13 heavy (non-hydrogen) atoms. The van der Waals surface area contributed by atoms with Gasteiger partial charge in [0.15, 0.2) is 0 Å². The molecule has 1 aromatic rings. The topological polar surface area (TPSA) is 49.5 Å². The average molecular weight is 178 g/mol. The third-order valence-corrected chi connectivity index (χ3v) is 2.34. The molecule has 0 spiro atoms. The molecule has 0 unspecified atom stereocenters. The quantitative estimate of drug-likeness (QED) is 0.626. The van der Waals surface area contributed by atoms with E-state index in [1.807, 2.05) is 31.2 Å². The van der Waals surface area contributed by atoms with E-state index >= 15 is 0 Å². The van der Waals surface area contributed by atoms with Gasteiger partial charge in [-0.3, -0.25) is 0 Å². The van der Waals surface area contributed by atoms with Crippen molar-refractivity contribution in [3.63, 3.8) is 0 Å². The lowest BCUT2D eigenvalue weighted by molar-refractivity contribution is 0.0311. The van der Waals surface area contributed by atoms with E-state index in [4.69, 9.17) is 5.73 Å². The Balaban J connectivity index is 2.16. The van der Waals surface area contributed by atoms with E-state index in [9.17, 15) is 5.11 Å². The predicted molar refractivity (Wildman–Crippen MR) is 53.7 cm³/mol. The number of β-amino-alcohol motifs (C(OH)–C–C–N with tert-alkyl or cyclic N) is 1. The second-order valence-corrected chi connectivity index (χ2v) is 3.91. The van der Waals surface area contributed by atoms with E-state index in [1.54, 1.807) is 0 Å². The summed E-state index contributed by atoms with van der Waals surface area (Å²) >= 11 is 0. The Bertz CT molecular complexity index is 314. The van der Waals surface area contributed by atoms with Crippen molar-refractivity contribution < 1.29 is 5.11 Å². The van der Waals surface area contributed by atoms with Crippen molar-refractivity contribution in [3.8, 4) is 0 Å². The predicted octanol–water partition coefficient (Wildman–Crippen LogP) is 0.840. The lowest BCUT2D eigenvalue weighted by atomic mass is 9.96. The summed E-state index contributed by atoms with van der Waals surface area (Å²) in [5.41, 5.74) is 7.05. The van der Waals surface area contributed by atoms with Gasteiger partial charge >= 0.3 is 0 Å². The van der Waals surface area contributed by atoms with Gasteiger partial charge in [-0.15, -0.1) is 0 Å². The standard InChI is InChI=1S/C10H14N2O/c1-10(13)6-12(7-10)9-5-3-2-4-8(9)11/h2-5,13H,6-7,11H2,1H3. The summed E-state index contributed by atoms with van der Waals surface area (Å²) in [5, 5.41) is 9.55. The maximum absolute atomic E-state index is 9.55. The Morgan fingerprint density at radius 2 is 2.00 bits per heavy atom. The highest BCUT2D eigenvalue weighted by Crippen LogP contribution is 2.30. The minimum absolute atomic E-state index is 0.539. The fourth-order valence-corrected chi connectivity index (χ4v) is 1.72. The first kappa shape index (κ1) is 8.38. The van der Waals surface area contributed by atoms with Gasteiger partial charge in [0, 0.05) is 13.1 Å². The minimum atomic E-state index is -0.539. The molecule has 0 saturated carbocycles. The molecular weight excluding hydrogens is 164 g/mol. The number of rotatable bonds is 1. The van der Waals surface area contributed by atoms with Crippen LogP contribution in [-0.2, 0) is 0 Å². The highest BCUT2D eigenvalue weighted by molar-refractivity contribution is 5.68. The van der Waals surface area contributed by atoms with Gasteiger partial charge in [-0.05, 0) is 19.1 Å². The van der Waals surface area contributed by atoms with Crippen molar-refractivity contribution in [1.29, 1.82) is 0 Å². The first-order chi connectivity index (χ1) is 6.08. The molecule has 0 radical (unpaired) electrons. The van der Waals surface area contributed by atoms with Gasteiger partial charge in [0.2, 0.25) is 0 Å². The van der Waals surface area contributed by atoms with Gasteiger partial charge in [-0.2, -0.15) is 0 Å². The number of hydrogen-bond donors (Lipinski definition) is 2. The number of aliphatic hydroxyl groups is 1. The van der Waals surface area contributed by atoms with Crippen molar-refractivity contribution >= 4 is 11.4 Å². The normalized spacial score (nSPS) is 19.7. The summed E-state index contributed by atoms with van der Waals surface area (Å²) in [6.45, 7) is 3.17. The SMILES string of the molecule is CC1(O)CN(c2ccccc2N)C1. The minimum Gasteiger partial charge on any atom is -0.397 e. The molecule has 1 aliphatic heterocycles. The highest BCUT2D eigenvalue weighted by Gasteiger charge is 2.37. The van der Waals surface area contributed by atoms with E-state index in [-0.39, 0.29) is 0 Å². The molecule has 0 aromatic heterocycles. The van der Waals surface area contributed by atoms with Crippen LogP contribution in [0.3, 0.4) is 0 Å². The van der Waals surface area contributed by atoms with Crippen LogP contribution in [0.25, 0.3) is 0 Å². The molecule has 0 bridgehead atoms. The molecule has 1 heterocycles. The number of nitrogens with two attached hydrogens (primary N) is 1. The van der Waals surface area contributed by atoms with Crippen molar-refractivity contribution in [2.75, 3.05) is 23.7 Å². The zero-order valence-corrected chi connectivity index (χ0v) is 7.70. The average Bonchev–Trinajstić information content (AvgIpc) is 2.01. The van der Waals surface area contributed by atoms with E-state index in [1.165, 1.54) is 0 Å². The van der Waals surface area contributed by atoms with E-state index in [2.05, 4.69) is 4.90 Å². The summed E-state index contributed by atoms with van der Waals surface area (Å²) in [6.07, 6.45) is 0. The zero-order valence-electron chi connectivity index (χ0n) is 7.70. The van der Waals surface area contributed by atoms with E-state index in [0.717, 1.165) is 11.4 Å². The van der Waals surface area contributed by atoms with Crippen LogP contribution in [-0.4, -0.2) is 23.8 Å². The van der Waals surface area contributed by atoms with Crippen LogP contribution in [0.1, 0.15) is 6.92 Å². The van der Waals surface area contributed by atoms with Crippen LogP contribution >= 0.6 is 0 Å². The van der Waals surface area contributed by atoms with Crippen LogP contribution < -0.4 is 10.6 Å². The largest absolute Gasteiger partial charge is 0.397 e. The summed E-state index contributed by atoms with van der Waals surface area (Å²) < 4.78 is 0. The van der Waals surface area contributed by atoms with Crippen LogP contribution in [0.2, 0.25) is 0 Å². The summed E-state index contributed by atoms with van der Waals surface area (Å²) in [6, 6.07) is 7.72. The van der Waals surface area contributed by atoms with Crippen molar-refractivity contribution in [1.82, 2.24) is 0 Å². The van der Waals surface area contributed by atoms with Crippen molar-refractivity contribution in [2.45, 2.75) is 12.5 Å². The number of benzene rings is 1. The fraction of sp³-hybridized carbons (Fsp3) is 0.400. The second kappa shape index (κ2) is 2.64. The number of anilines is 2. The lowest BCUT2D eigenvalue weighted by Gasteiger charge is -2.46. The molecule has 3 nitrogen and oxygen atoms in total. The Morgan fingerprint density at radius 3 is 2.54 bits per heavy atom. The Hall–Kier alpha value is -1.22. The second-order valence-electron chi connectivity index (χ2n) is 3.91. The molecule has 70 valence electrons. The molecule has 0 amide bonds. The summed E-state index contributed by atoms with van der Waals surface area (Å²) in [5.74, 6) is 0.